The van der Waals surface area contributed by atoms with E-state index in [1.54, 1.807) is 0 Å². The van der Waals surface area contributed by atoms with Gasteiger partial charge in [0.25, 0.3) is 0 Å². The van der Waals surface area contributed by atoms with Crippen molar-refractivity contribution in [3.05, 3.63) is 0 Å². The Morgan fingerprint density at radius 2 is 2.00 bits per heavy atom. The van der Waals surface area contributed by atoms with Crippen LogP contribution in [-0.2, 0) is 9.59 Å². The van der Waals surface area contributed by atoms with Crippen molar-refractivity contribution in [2.75, 3.05) is 6.54 Å². The molecular formula is C13H24N2O3. The van der Waals surface area contributed by atoms with Gasteiger partial charge in [0.2, 0.25) is 5.91 Å². The Hall–Kier alpha value is -1.10. The van der Waals surface area contributed by atoms with Gasteiger partial charge in [-0.1, -0.05) is 32.6 Å². The molecule has 5 heteroatoms. The van der Waals surface area contributed by atoms with E-state index in [4.69, 9.17) is 5.11 Å². The van der Waals surface area contributed by atoms with E-state index < -0.39 is 12.0 Å². The summed E-state index contributed by atoms with van der Waals surface area (Å²) in [6.45, 7) is 2.72. The van der Waals surface area contributed by atoms with E-state index in [2.05, 4.69) is 17.6 Å². The van der Waals surface area contributed by atoms with Crippen molar-refractivity contribution >= 4 is 11.9 Å². The number of carbonyl (C=O) groups excluding carboxylic acids is 1. The van der Waals surface area contributed by atoms with E-state index in [-0.39, 0.29) is 11.9 Å². The maximum atomic E-state index is 11.6. The lowest BCUT2D eigenvalue weighted by molar-refractivity contribution is -0.139. The maximum absolute atomic E-state index is 11.6. The van der Waals surface area contributed by atoms with E-state index in [9.17, 15) is 9.59 Å². The van der Waals surface area contributed by atoms with Crippen molar-refractivity contribution in [3.63, 3.8) is 0 Å². The van der Waals surface area contributed by atoms with Crippen LogP contribution in [0.25, 0.3) is 0 Å². The van der Waals surface area contributed by atoms with Gasteiger partial charge in [-0.3, -0.25) is 9.59 Å². The number of carboxylic acid groups (broad SMARTS) is 1. The van der Waals surface area contributed by atoms with Crippen LogP contribution in [-0.4, -0.2) is 35.6 Å². The van der Waals surface area contributed by atoms with Crippen LogP contribution in [0.1, 0.15) is 51.9 Å². The molecule has 0 radical (unpaired) electrons. The van der Waals surface area contributed by atoms with Crippen LogP contribution < -0.4 is 10.6 Å². The molecule has 0 aromatic carbocycles. The van der Waals surface area contributed by atoms with Crippen molar-refractivity contribution in [1.29, 1.82) is 0 Å². The van der Waals surface area contributed by atoms with Crippen LogP contribution >= 0.6 is 0 Å². The lowest BCUT2D eigenvalue weighted by Gasteiger charge is -2.11. The smallest absolute Gasteiger partial charge is 0.320 e. The fourth-order valence-electron chi connectivity index (χ4n) is 2.22. The average molecular weight is 256 g/mol. The summed E-state index contributed by atoms with van der Waals surface area (Å²) in [5.74, 6) is -0.796. The number of nitrogens with one attached hydrogen (secondary N) is 2. The number of hydrogen-bond donors (Lipinski definition) is 3. The minimum absolute atomic E-state index is 0.0331. The van der Waals surface area contributed by atoms with Gasteiger partial charge >= 0.3 is 5.97 Å². The van der Waals surface area contributed by atoms with E-state index in [1.807, 2.05) is 0 Å². The van der Waals surface area contributed by atoms with Gasteiger partial charge < -0.3 is 15.7 Å². The van der Waals surface area contributed by atoms with Gasteiger partial charge in [0, 0.05) is 19.0 Å². The summed E-state index contributed by atoms with van der Waals surface area (Å²) in [7, 11) is 0. The summed E-state index contributed by atoms with van der Waals surface area (Å²) in [4.78, 5) is 22.4. The van der Waals surface area contributed by atoms with Gasteiger partial charge in [0.05, 0.1) is 0 Å². The number of unbranched alkanes of at least 4 members (excludes halogenated alkanes) is 4. The number of aliphatic carboxylic acids is 1. The molecule has 0 aromatic rings. The molecule has 1 amide bonds. The van der Waals surface area contributed by atoms with Crippen LogP contribution in [0, 0.1) is 0 Å². The van der Waals surface area contributed by atoms with Crippen molar-refractivity contribution in [3.8, 4) is 0 Å². The lowest BCUT2D eigenvalue weighted by Crippen LogP contribution is -2.35. The Kier molecular flexibility index (Phi) is 6.72. The molecule has 0 aliphatic carbocycles. The molecule has 0 unspecified atom stereocenters. The molecule has 2 atom stereocenters. The third-order valence-electron chi connectivity index (χ3n) is 3.30. The number of carboxylic acids is 1. The van der Waals surface area contributed by atoms with Gasteiger partial charge in [-0.15, -0.1) is 0 Å². The van der Waals surface area contributed by atoms with Crippen molar-refractivity contribution < 1.29 is 14.7 Å². The summed E-state index contributed by atoms with van der Waals surface area (Å²) in [6.07, 6.45) is 6.69. The Morgan fingerprint density at radius 3 is 2.61 bits per heavy atom. The third-order valence-corrected chi connectivity index (χ3v) is 3.30. The summed E-state index contributed by atoms with van der Waals surface area (Å²) >= 11 is 0. The highest BCUT2D eigenvalue weighted by Crippen LogP contribution is 2.08. The fourth-order valence-corrected chi connectivity index (χ4v) is 2.22. The standard InChI is InChI=1S/C13H24N2O3/c1-2-3-4-5-6-7-12(16)15-10-8-11(13(17)18)14-9-10/h10-11,14H,2-9H2,1H3,(H,15,16)(H,17,18)/t10-,11-/m0/s1. The lowest BCUT2D eigenvalue weighted by atomic mass is 10.1. The zero-order chi connectivity index (χ0) is 13.4. The van der Waals surface area contributed by atoms with Crippen LogP contribution in [0.4, 0.5) is 0 Å². The molecule has 18 heavy (non-hydrogen) atoms. The molecule has 1 fully saturated rings. The highest BCUT2D eigenvalue weighted by molar-refractivity contribution is 5.77. The Morgan fingerprint density at radius 1 is 1.28 bits per heavy atom. The Balaban J connectivity index is 2.08. The molecule has 0 bridgehead atoms. The first-order chi connectivity index (χ1) is 8.63. The molecule has 0 spiro atoms. The Labute approximate surface area is 108 Å². The first-order valence-electron chi connectivity index (χ1n) is 6.89. The van der Waals surface area contributed by atoms with Crippen LogP contribution in [0.5, 0.6) is 0 Å². The molecule has 5 nitrogen and oxygen atoms in total. The maximum Gasteiger partial charge on any atom is 0.320 e. The van der Waals surface area contributed by atoms with Crippen LogP contribution in [0.2, 0.25) is 0 Å². The van der Waals surface area contributed by atoms with Gasteiger partial charge in [-0.05, 0) is 12.8 Å². The highest BCUT2D eigenvalue weighted by atomic mass is 16.4. The average Bonchev–Trinajstić information content (AvgIpc) is 2.77. The first kappa shape index (κ1) is 15.0. The second-order valence-corrected chi connectivity index (χ2v) is 4.96. The molecule has 1 aliphatic rings. The minimum atomic E-state index is -0.841. The number of rotatable bonds is 8. The van der Waals surface area contributed by atoms with Crippen LogP contribution in [0.15, 0.2) is 0 Å². The van der Waals surface area contributed by atoms with Gasteiger partial charge in [0.1, 0.15) is 6.04 Å². The van der Waals surface area contributed by atoms with Gasteiger partial charge in [-0.2, -0.15) is 0 Å². The van der Waals surface area contributed by atoms with E-state index in [0.29, 0.717) is 19.4 Å². The monoisotopic (exact) mass is 256 g/mol. The molecule has 0 aromatic heterocycles. The molecule has 1 saturated heterocycles. The molecule has 0 saturated carbocycles. The molecular weight excluding hydrogens is 232 g/mol. The minimum Gasteiger partial charge on any atom is -0.480 e. The number of hydrogen-bond acceptors (Lipinski definition) is 3. The fraction of sp³-hybridized carbons (Fsp3) is 0.846. The normalized spacial score (nSPS) is 22.9. The molecule has 3 N–H and O–H groups in total. The summed E-state index contributed by atoms with van der Waals surface area (Å²) < 4.78 is 0. The number of carbonyl (C=O) groups is 2. The molecule has 1 rings (SSSR count). The largest absolute Gasteiger partial charge is 0.480 e. The van der Waals surface area contributed by atoms with Crippen molar-refractivity contribution in [2.45, 2.75) is 64.0 Å². The molecule has 1 heterocycles. The van der Waals surface area contributed by atoms with Crippen molar-refractivity contribution in [1.82, 2.24) is 10.6 Å². The summed E-state index contributed by atoms with van der Waals surface area (Å²) in [5, 5.41) is 14.6. The van der Waals surface area contributed by atoms with Gasteiger partial charge in [-0.25, -0.2) is 0 Å². The Bertz CT molecular complexity index is 281. The highest BCUT2D eigenvalue weighted by Gasteiger charge is 2.29. The van der Waals surface area contributed by atoms with E-state index in [0.717, 1.165) is 12.8 Å². The zero-order valence-electron chi connectivity index (χ0n) is 11.1. The van der Waals surface area contributed by atoms with Crippen LogP contribution in [0.3, 0.4) is 0 Å². The van der Waals surface area contributed by atoms with E-state index in [1.165, 1.54) is 19.3 Å². The van der Waals surface area contributed by atoms with Gasteiger partial charge in [0.15, 0.2) is 0 Å². The molecule has 104 valence electrons. The third kappa shape index (κ3) is 5.49. The second kappa shape index (κ2) is 8.08. The number of amides is 1. The predicted octanol–water partition coefficient (Wildman–Crippen LogP) is 1.28. The summed E-state index contributed by atoms with van der Waals surface area (Å²) in [6, 6.07) is -0.547. The summed E-state index contributed by atoms with van der Waals surface area (Å²) in [5.41, 5.74) is 0. The topological polar surface area (TPSA) is 78.4 Å². The molecule has 1 aliphatic heterocycles. The quantitative estimate of drug-likeness (QED) is 0.572. The first-order valence-corrected chi connectivity index (χ1v) is 6.89. The predicted molar refractivity (Wildman–Crippen MR) is 69.4 cm³/mol. The van der Waals surface area contributed by atoms with E-state index >= 15 is 0 Å². The van der Waals surface area contributed by atoms with Crippen molar-refractivity contribution in [2.24, 2.45) is 0 Å². The zero-order valence-corrected chi connectivity index (χ0v) is 11.1. The second-order valence-electron chi connectivity index (χ2n) is 4.96. The SMILES string of the molecule is CCCCCCCC(=O)N[C@@H]1CN[C@H](C(=O)O)C1.